The van der Waals surface area contributed by atoms with Crippen molar-refractivity contribution in [2.75, 3.05) is 25.6 Å². The van der Waals surface area contributed by atoms with E-state index in [1.165, 1.54) is 24.1 Å². The molecule has 1 aliphatic heterocycles. The number of hydrogen-bond acceptors (Lipinski definition) is 5. The fourth-order valence-electron chi connectivity index (χ4n) is 3.61. The zero-order valence-corrected chi connectivity index (χ0v) is 17.9. The zero-order chi connectivity index (χ0) is 22.1. The third kappa shape index (κ3) is 4.31. The lowest BCUT2D eigenvalue weighted by Gasteiger charge is -2.28. The lowest BCUT2D eigenvalue weighted by Crippen LogP contribution is -2.36. The highest BCUT2D eigenvalue weighted by Gasteiger charge is 2.38. The normalized spacial score (nSPS) is 17.7. The number of nitrogens with zero attached hydrogens (tertiary/aromatic N) is 2. The summed E-state index contributed by atoms with van der Waals surface area (Å²) in [6.45, 7) is 2.06. The predicted octanol–water partition coefficient (Wildman–Crippen LogP) is 1.92. The van der Waals surface area contributed by atoms with Gasteiger partial charge in [0.1, 0.15) is 5.75 Å². The highest BCUT2D eigenvalue weighted by atomic mass is 32.2. The molecule has 8 nitrogen and oxygen atoms in total. The number of para-hydroxylation sites is 2. The van der Waals surface area contributed by atoms with Crippen LogP contribution in [0.2, 0.25) is 0 Å². The molecule has 0 bridgehead atoms. The highest BCUT2D eigenvalue weighted by Crippen LogP contribution is 2.34. The van der Waals surface area contributed by atoms with E-state index in [1.54, 1.807) is 43.1 Å². The Hall–Kier alpha value is -2.91. The molecule has 0 aliphatic carbocycles. The Morgan fingerprint density at radius 2 is 1.93 bits per heavy atom. The largest absolute Gasteiger partial charge is 0.495 e. The van der Waals surface area contributed by atoms with Gasteiger partial charge < -0.3 is 14.5 Å². The lowest BCUT2D eigenvalue weighted by atomic mass is 10.0. The van der Waals surface area contributed by atoms with E-state index < -0.39 is 22.0 Å². The van der Waals surface area contributed by atoms with Gasteiger partial charge in [-0.2, -0.15) is 0 Å². The van der Waals surface area contributed by atoms with E-state index in [0.717, 1.165) is 0 Å². The summed E-state index contributed by atoms with van der Waals surface area (Å²) in [5.74, 6) is -0.263. The first-order valence-electron chi connectivity index (χ1n) is 9.46. The summed E-state index contributed by atoms with van der Waals surface area (Å²) in [4.78, 5) is 28.8. The van der Waals surface area contributed by atoms with Crippen LogP contribution in [0, 0.1) is 5.92 Å². The Bertz CT molecular complexity index is 1070. The van der Waals surface area contributed by atoms with Crippen LogP contribution in [-0.2, 0) is 19.6 Å². The molecule has 30 heavy (non-hydrogen) atoms. The third-order valence-electron chi connectivity index (χ3n) is 5.45. The van der Waals surface area contributed by atoms with Crippen molar-refractivity contribution in [1.29, 1.82) is 0 Å². The standard InChI is InChI=1S/C21H25N3O5S/c1-14(15-7-6-8-17(11-15)30(22,27)28)23(2)21(26)16-12-20(25)24(13-16)18-9-4-5-10-19(18)29-3/h4-11,14,16H,12-13H2,1-3H3,(H2,22,27,28). The van der Waals surface area contributed by atoms with Crippen LogP contribution in [0.4, 0.5) is 5.69 Å². The van der Waals surface area contributed by atoms with E-state index in [4.69, 9.17) is 9.88 Å². The molecule has 2 amide bonds. The minimum absolute atomic E-state index is 0.00825. The van der Waals surface area contributed by atoms with E-state index in [9.17, 15) is 18.0 Å². The zero-order valence-electron chi connectivity index (χ0n) is 17.1. The molecule has 2 aromatic carbocycles. The van der Waals surface area contributed by atoms with E-state index >= 15 is 0 Å². The molecular formula is C21H25N3O5S. The van der Waals surface area contributed by atoms with Gasteiger partial charge in [0.05, 0.1) is 29.7 Å². The average Bonchev–Trinajstić information content (AvgIpc) is 3.12. The van der Waals surface area contributed by atoms with Gasteiger partial charge in [0.25, 0.3) is 0 Å². The first-order valence-corrected chi connectivity index (χ1v) is 11.0. The van der Waals surface area contributed by atoms with Crippen LogP contribution in [0.15, 0.2) is 53.4 Å². The second-order valence-corrected chi connectivity index (χ2v) is 8.88. The SMILES string of the molecule is COc1ccccc1N1CC(C(=O)N(C)C(C)c2cccc(S(N)(=O)=O)c2)CC1=O. The minimum atomic E-state index is -3.84. The van der Waals surface area contributed by atoms with Crippen LogP contribution in [0.25, 0.3) is 0 Å². The number of rotatable bonds is 6. The van der Waals surface area contributed by atoms with Crippen LogP contribution in [0.1, 0.15) is 24.9 Å². The molecule has 3 rings (SSSR count). The maximum absolute atomic E-state index is 13.1. The molecule has 1 fully saturated rings. The molecule has 0 aromatic heterocycles. The van der Waals surface area contributed by atoms with Gasteiger partial charge in [-0.1, -0.05) is 24.3 Å². The van der Waals surface area contributed by atoms with Crippen LogP contribution >= 0.6 is 0 Å². The molecule has 1 heterocycles. The number of sulfonamides is 1. The van der Waals surface area contributed by atoms with Crippen molar-refractivity contribution in [1.82, 2.24) is 4.90 Å². The van der Waals surface area contributed by atoms with Gasteiger partial charge in [0.2, 0.25) is 21.8 Å². The first-order chi connectivity index (χ1) is 14.1. The summed E-state index contributed by atoms with van der Waals surface area (Å²) in [6.07, 6.45) is 0.102. The second-order valence-electron chi connectivity index (χ2n) is 7.32. The number of amides is 2. The molecule has 1 saturated heterocycles. The number of carbonyl (C=O) groups excluding carboxylic acids is 2. The van der Waals surface area contributed by atoms with E-state index in [-0.39, 0.29) is 29.7 Å². The van der Waals surface area contributed by atoms with Crippen LogP contribution < -0.4 is 14.8 Å². The number of ether oxygens (including phenoxy) is 1. The summed E-state index contributed by atoms with van der Waals surface area (Å²) in [6, 6.07) is 13.0. The molecular weight excluding hydrogens is 406 g/mol. The van der Waals surface area contributed by atoms with Crippen LogP contribution in [0.5, 0.6) is 5.75 Å². The number of benzene rings is 2. The van der Waals surface area contributed by atoms with Crippen molar-refractivity contribution in [2.24, 2.45) is 11.1 Å². The Kier molecular flexibility index (Phi) is 6.14. The highest BCUT2D eigenvalue weighted by molar-refractivity contribution is 7.89. The Morgan fingerprint density at radius 1 is 1.23 bits per heavy atom. The van der Waals surface area contributed by atoms with Crippen LogP contribution in [-0.4, -0.2) is 45.8 Å². The summed E-state index contributed by atoms with van der Waals surface area (Å²) < 4.78 is 28.6. The molecule has 0 radical (unpaired) electrons. The number of anilines is 1. The quantitative estimate of drug-likeness (QED) is 0.751. The first kappa shape index (κ1) is 21.8. The second kappa shape index (κ2) is 8.45. The average molecular weight is 432 g/mol. The van der Waals surface area contributed by atoms with E-state index in [1.807, 2.05) is 12.1 Å². The van der Waals surface area contributed by atoms with Crippen molar-refractivity contribution >= 4 is 27.5 Å². The van der Waals surface area contributed by atoms with Crippen LogP contribution in [0.3, 0.4) is 0 Å². The van der Waals surface area contributed by atoms with Crippen molar-refractivity contribution < 1.29 is 22.7 Å². The number of hydrogen-bond donors (Lipinski definition) is 1. The molecule has 0 spiro atoms. The molecule has 2 aromatic rings. The Morgan fingerprint density at radius 3 is 2.60 bits per heavy atom. The summed E-state index contributed by atoms with van der Waals surface area (Å²) >= 11 is 0. The molecule has 1 aliphatic rings. The van der Waals surface area contributed by atoms with E-state index in [0.29, 0.717) is 17.0 Å². The lowest BCUT2D eigenvalue weighted by molar-refractivity contribution is -0.136. The number of primary sulfonamides is 1. The molecule has 160 valence electrons. The Labute approximate surface area is 176 Å². The molecule has 0 saturated carbocycles. The van der Waals surface area contributed by atoms with Gasteiger partial charge in [-0.05, 0) is 36.8 Å². The summed E-state index contributed by atoms with van der Waals surface area (Å²) in [7, 11) is -0.658. The number of carbonyl (C=O) groups is 2. The van der Waals surface area contributed by atoms with Gasteiger partial charge in [0, 0.05) is 20.0 Å². The molecule has 2 N–H and O–H groups in total. The fourth-order valence-corrected chi connectivity index (χ4v) is 4.18. The minimum Gasteiger partial charge on any atom is -0.495 e. The van der Waals surface area contributed by atoms with Crippen molar-refractivity contribution in [3.8, 4) is 5.75 Å². The maximum Gasteiger partial charge on any atom is 0.238 e. The van der Waals surface area contributed by atoms with Gasteiger partial charge in [-0.3, -0.25) is 9.59 Å². The smallest absolute Gasteiger partial charge is 0.238 e. The van der Waals surface area contributed by atoms with Gasteiger partial charge in [0.15, 0.2) is 0 Å². The monoisotopic (exact) mass is 431 g/mol. The number of nitrogens with two attached hydrogens (primary N) is 1. The number of methoxy groups -OCH3 is 1. The van der Waals surface area contributed by atoms with Gasteiger partial charge in [-0.15, -0.1) is 0 Å². The van der Waals surface area contributed by atoms with Crippen molar-refractivity contribution in [2.45, 2.75) is 24.3 Å². The fraction of sp³-hybridized carbons (Fsp3) is 0.333. The summed E-state index contributed by atoms with van der Waals surface area (Å²) in [5.41, 5.74) is 1.28. The molecule has 2 unspecified atom stereocenters. The topological polar surface area (TPSA) is 110 Å². The maximum atomic E-state index is 13.1. The third-order valence-corrected chi connectivity index (χ3v) is 6.36. The van der Waals surface area contributed by atoms with E-state index in [2.05, 4.69) is 0 Å². The predicted molar refractivity (Wildman–Crippen MR) is 112 cm³/mol. The van der Waals surface area contributed by atoms with Crippen molar-refractivity contribution in [3.05, 3.63) is 54.1 Å². The van der Waals surface area contributed by atoms with Crippen molar-refractivity contribution in [3.63, 3.8) is 0 Å². The Balaban J connectivity index is 1.77. The molecule has 2 atom stereocenters. The van der Waals surface area contributed by atoms with Gasteiger partial charge >= 0.3 is 0 Å². The molecule has 9 heteroatoms. The summed E-state index contributed by atoms with van der Waals surface area (Å²) in [5, 5.41) is 5.21. The van der Waals surface area contributed by atoms with Gasteiger partial charge in [-0.25, -0.2) is 13.6 Å².